The van der Waals surface area contributed by atoms with Gasteiger partial charge in [0.2, 0.25) is 0 Å². The van der Waals surface area contributed by atoms with E-state index in [-0.39, 0.29) is 0 Å². The second-order valence-corrected chi connectivity index (χ2v) is 4.34. The average Bonchev–Trinajstić information content (AvgIpc) is 2.28. The Morgan fingerprint density at radius 2 is 1.81 bits per heavy atom. The molecule has 0 fully saturated rings. The molecule has 1 aromatic carbocycles. The van der Waals surface area contributed by atoms with Gasteiger partial charge in [-0.3, -0.25) is 0 Å². The van der Waals surface area contributed by atoms with Crippen LogP contribution >= 0.6 is 0 Å². The molecule has 90 valence electrons. The van der Waals surface area contributed by atoms with Crippen molar-refractivity contribution in [2.24, 2.45) is 5.92 Å². The van der Waals surface area contributed by atoms with Gasteiger partial charge in [-0.2, -0.15) is 0 Å². The number of rotatable bonds is 6. The molecule has 1 rings (SSSR count). The third-order valence-corrected chi connectivity index (χ3v) is 2.44. The fourth-order valence-electron chi connectivity index (χ4n) is 1.66. The average molecular weight is 221 g/mol. The van der Waals surface area contributed by atoms with Crippen LogP contribution in [-0.2, 0) is 0 Å². The van der Waals surface area contributed by atoms with E-state index in [9.17, 15) is 0 Å². The normalized spacial score (nSPS) is 10.9. The van der Waals surface area contributed by atoms with Crippen molar-refractivity contribution >= 4 is 11.4 Å². The molecule has 0 amide bonds. The summed E-state index contributed by atoms with van der Waals surface area (Å²) in [5, 5.41) is 5.43. The molecule has 0 unspecified atom stereocenters. The highest BCUT2D eigenvalue weighted by molar-refractivity contribution is 5.67. The standard InChI is InChI=1S/C13H23N3/c1-5-16(10-11(2)3)15-13-9-7-6-8-12(13)14-4/h6-9,11,14-15H,5,10H2,1-4H3. The monoisotopic (exact) mass is 221 g/mol. The number of para-hydroxylation sites is 2. The molecule has 2 N–H and O–H groups in total. The maximum Gasteiger partial charge on any atom is 0.0721 e. The van der Waals surface area contributed by atoms with Gasteiger partial charge in [0.05, 0.1) is 11.4 Å². The lowest BCUT2D eigenvalue weighted by atomic mass is 10.2. The summed E-state index contributed by atoms with van der Waals surface area (Å²) in [4.78, 5) is 0. The Morgan fingerprint density at radius 3 is 2.31 bits per heavy atom. The molecule has 0 radical (unpaired) electrons. The Balaban J connectivity index is 2.69. The van der Waals surface area contributed by atoms with Gasteiger partial charge in [-0.05, 0) is 18.1 Å². The first-order chi connectivity index (χ1) is 7.67. The van der Waals surface area contributed by atoms with E-state index in [1.54, 1.807) is 0 Å². The molecular formula is C13H23N3. The molecule has 0 aliphatic carbocycles. The van der Waals surface area contributed by atoms with Crippen molar-refractivity contribution in [3.63, 3.8) is 0 Å². The summed E-state index contributed by atoms with van der Waals surface area (Å²) >= 11 is 0. The van der Waals surface area contributed by atoms with Gasteiger partial charge in [-0.25, -0.2) is 5.01 Å². The Labute approximate surface area is 98.8 Å². The van der Waals surface area contributed by atoms with E-state index in [1.807, 2.05) is 19.2 Å². The molecule has 16 heavy (non-hydrogen) atoms. The van der Waals surface area contributed by atoms with Crippen molar-refractivity contribution < 1.29 is 0 Å². The lowest BCUT2D eigenvalue weighted by Gasteiger charge is -2.25. The molecule has 1 aromatic rings. The van der Waals surface area contributed by atoms with Crippen LogP contribution in [0.1, 0.15) is 20.8 Å². The van der Waals surface area contributed by atoms with Crippen LogP contribution in [-0.4, -0.2) is 25.1 Å². The lowest BCUT2D eigenvalue weighted by molar-refractivity contribution is 0.306. The molecule has 0 spiro atoms. The molecule has 0 aliphatic rings. The Morgan fingerprint density at radius 1 is 1.19 bits per heavy atom. The van der Waals surface area contributed by atoms with Crippen LogP contribution < -0.4 is 10.7 Å². The minimum absolute atomic E-state index is 0.661. The van der Waals surface area contributed by atoms with Gasteiger partial charge < -0.3 is 10.7 Å². The van der Waals surface area contributed by atoms with E-state index in [4.69, 9.17) is 0 Å². The zero-order valence-corrected chi connectivity index (χ0v) is 10.7. The Bertz CT molecular complexity index is 310. The van der Waals surface area contributed by atoms with Crippen LogP contribution in [0.4, 0.5) is 11.4 Å². The minimum Gasteiger partial charge on any atom is -0.386 e. The fraction of sp³-hybridized carbons (Fsp3) is 0.538. The van der Waals surface area contributed by atoms with Crippen LogP contribution in [0.3, 0.4) is 0 Å². The number of anilines is 2. The van der Waals surface area contributed by atoms with Gasteiger partial charge in [-0.15, -0.1) is 0 Å². The van der Waals surface area contributed by atoms with Crippen LogP contribution in [0.25, 0.3) is 0 Å². The lowest BCUT2D eigenvalue weighted by Crippen LogP contribution is -2.33. The van der Waals surface area contributed by atoms with Crippen LogP contribution in [0.15, 0.2) is 24.3 Å². The van der Waals surface area contributed by atoms with Crippen molar-refractivity contribution in [3.8, 4) is 0 Å². The maximum absolute atomic E-state index is 3.45. The van der Waals surface area contributed by atoms with Gasteiger partial charge in [0, 0.05) is 20.1 Å². The topological polar surface area (TPSA) is 27.3 Å². The van der Waals surface area contributed by atoms with Gasteiger partial charge in [0.25, 0.3) is 0 Å². The summed E-state index contributed by atoms with van der Waals surface area (Å²) in [6, 6.07) is 8.25. The smallest absolute Gasteiger partial charge is 0.0721 e. The molecular weight excluding hydrogens is 198 g/mol. The zero-order valence-electron chi connectivity index (χ0n) is 10.7. The molecule has 3 nitrogen and oxygen atoms in total. The number of hydrazine groups is 1. The van der Waals surface area contributed by atoms with E-state index in [2.05, 4.69) is 48.7 Å². The number of hydrogen-bond donors (Lipinski definition) is 2. The summed E-state index contributed by atoms with van der Waals surface area (Å²) in [5.41, 5.74) is 5.71. The third-order valence-electron chi connectivity index (χ3n) is 2.44. The third kappa shape index (κ3) is 3.74. The molecule has 0 bridgehead atoms. The first-order valence-corrected chi connectivity index (χ1v) is 5.95. The van der Waals surface area contributed by atoms with Crippen molar-refractivity contribution in [2.45, 2.75) is 20.8 Å². The molecule has 0 aromatic heterocycles. The predicted octanol–water partition coefficient (Wildman–Crippen LogP) is 3.03. The Hall–Kier alpha value is -1.22. The number of nitrogens with one attached hydrogen (secondary N) is 2. The molecule has 0 aliphatic heterocycles. The van der Waals surface area contributed by atoms with E-state index < -0.39 is 0 Å². The van der Waals surface area contributed by atoms with Crippen molar-refractivity contribution in [2.75, 3.05) is 30.9 Å². The summed E-state index contributed by atoms with van der Waals surface area (Å²) in [6.07, 6.45) is 0. The molecule has 0 saturated heterocycles. The predicted molar refractivity (Wildman–Crippen MR) is 71.7 cm³/mol. The van der Waals surface area contributed by atoms with E-state index in [0.29, 0.717) is 5.92 Å². The van der Waals surface area contributed by atoms with Crippen LogP contribution in [0.2, 0.25) is 0 Å². The number of hydrogen-bond acceptors (Lipinski definition) is 3. The zero-order chi connectivity index (χ0) is 12.0. The van der Waals surface area contributed by atoms with Crippen LogP contribution in [0.5, 0.6) is 0 Å². The number of benzene rings is 1. The van der Waals surface area contributed by atoms with Gasteiger partial charge >= 0.3 is 0 Å². The minimum atomic E-state index is 0.661. The van der Waals surface area contributed by atoms with E-state index in [0.717, 1.165) is 24.5 Å². The molecule has 0 heterocycles. The highest BCUT2D eigenvalue weighted by atomic mass is 15.5. The first-order valence-electron chi connectivity index (χ1n) is 5.95. The second kappa shape index (κ2) is 6.38. The Kier molecular flexibility index (Phi) is 5.12. The highest BCUT2D eigenvalue weighted by Gasteiger charge is 2.06. The van der Waals surface area contributed by atoms with Gasteiger partial charge in [-0.1, -0.05) is 32.9 Å². The summed E-state index contributed by atoms with van der Waals surface area (Å²) in [6.45, 7) is 8.67. The summed E-state index contributed by atoms with van der Waals surface area (Å²) < 4.78 is 0. The summed E-state index contributed by atoms with van der Waals surface area (Å²) in [5.74, 6) is 0.661. The number of nitrogens with zero attached hydrogens (tertiary/aromatic N) is 1. The van der Waals surface area contributed by atoms with Crippen LogP contribution in [0, 0.1) is 5.92 Å². The van der Waals surface area contributed by atoms with Crippen molar-refractivity contribution in [3.05, 3.63) is 24.3 Å². The van der Waals surface area contributed by atoms with E-state index >= 15 is 0 Å². The molecule has 0 saturated carbocycles. The first kappa shape index (κ1) is 12.8. The van der Waals surface area contributed by atoms with Gasteiger partial charge in [0.15, 0.2) is 0 Å². The largest absolute Gasteiger partial charge is 0.386 e. The summed E-state index contributed by atoms with van der Waals surface area (Å²) in [7, 11) is 1.94. The van der Waals surface area contributed by atoms with Gasteiger partial charge in [0.1, 0.15) is 0 Å². The molecule has 0 atom stereocenters. The molecule has 3 heteroatoms. The van der Waals surface area contributed by atoms with Crippen molar-refractivity contribution in [1.82, 2.24) is 5.01 Å². The van der Waals surface area contributed by atoms with E-state index in [1.165, 1.54) is 0 Å². The maximum atomic E-state index is 3.45. The second-order valence-electron chi connectivity index (χ2n) is 4.34. The SMILES string of the molecule is CCN(CC(C)C)Nc1ccccc1NC. The fourth-order valence-corrected chi connectivity index (χ4v) is 1.66. The van der Waals surface area contributed by atoms with Crippen molar-refractivity contribution in [1.29, 1.82) is 0 Å². The quantitative estimate of drug-likeness (QED) is 0.723. The highest BCUT2D eigenvalue weighted by Crippen LogP contribution is 2.20.